The van der Waals surface area contributed by atoms with Crippen LogP contribution in [-0.2, 0) is 9.53 Å². The van der Waals surface area contributed by atoms with Gasteiger partial charge in [0.25, 0.3) is 0 Å². The van der Waals surface area contributed by atoms with E-state index in [0.29, 0.717) is 24.5 Å². The van der Waals surface area contributed by atoms with Crippen molar-refractivity contribution in [2.45, 2.75) is 25.3 Å². The number of methoxy groups -OCH3 is 2. The predicted octanol–water partition coefficient (Wildman–Crippen LogP) is 2.55. The van der Waals surface area contributed by atoms with Crippen molar-refractivity contribution in [3.8, 4) is 17.6 Å². The fraction of sp³-hybridized carbons (Fsp3) is 0.320. The molecule has 4 rings (SSSR count). The summed E-state index contributed by atoms with van der Waals surface area (Å²) in [6.45, 7) is 6.63. The SMILES string of the molecule is C=CC(=O)N1CC(c2cc(C#Cc3cc(C)cc(OC)c3)c3c(N)ncnn23)C[C@@H]1COC. The van der Waals surface area contributed by atoms with Crippen LogP contribution in [-0.4, -0.2) is 58.8 Å². The molecular weight excluding hydrogens is 418 g/mol. The summed E-state index contributed by atoms with van der Waals surface area (Å²) in [6.07, 6.45) is 3.52. The molecule has 8 nitrogen and oxygen atoms in total. The highest BCUT2D eigenvalue weighted by Crippen LogP contribution is 2.34. The lowest BCUT2D eigenvalue weighted by molar-refractivity contribution is -0.127. The van der Waals surface area contributed by atoms with Gasteiger partial charge in [-0.2, -0.15) is 5.10 Å². The largest absolute Gasteiger partial charge is 0.497 e. The second-order valence-electron chi connectivity index (χ2n) is 8.11. The minimum atomic E-state index is -0.108. The van der Waals surface area contributed by atoms with E-state index in [1.54, 1.807) is 23.6 Å². The summed E-state index contributed by atoms with van der Waals surface area (Å²) in [5.41, 5.74) is 10.5. The number of nitrogens with zero attached hydrogens (tertiary/aromatic N) is 4. The van der Waals surface area contributed by atoms with E-state index in [9.17, 15) is 4.79 Å². The third-order valence-corrected chi connectivity index (χ3v) is 5.89. The molecule has 3 heterocycles. The van der Waals surface area contributed by atoms with Crippen molar-refractivity contribution < 1.29 is 14.3 Å². The predicted molar refractivity (Wildman–Crippen MR) is 126 cm³/mol. The Morgan fingerprint density at radius 1 is 1.30 bits per heavy atom. The quantitative estimate of drug-likeness (QED) is 0.479. The van der Waals surface area contributed by atoms with Crippen LogP contribution >= 0.6 is 0 Å². The van der Waals surface area contributed by atoms with Crippen molar-refractivity contribution in [1.82, 2.24) is 19.5 Å². The molecule has 170 valence electrons. The molecule has 1 saturated heterocycles. The van der Waals surface area contributed by atoms with Crippen LogP contribution in [0.2, 0.25) is 0 Å². The van der Waals surface area contributed by atoms with Crippen molar-refractivity contribution in [1.29, 1.82) is 0 Å². The highest BCUT2D eigenvalue weighted by atomic mass is 16.5. The number of hydrogen-bond donors (Lipinski definition) is 1. The molecule has 0 radical (unpaired) electrons. The summed E-state index contributed by atoms with van der Waals surface area (Å²) in [4.78, 5) is 18.4. The van der Waals surface area contributed by atoms with Crippen LogP contribution < -0.4 is 10.5 Å². The Hall–Kier alpha value is -3.83. The van der Waals surface area contributed by atoms with Crippen LogP contribution in [0.5, 0.6) is 5.75 Å². The Bertz CT molecular complexity index is 1270. The van der Waals surface area contributed by atoms with Gasteiger partial charge < -0.3 is 20.1 Å². The summed E-state index contributed by atoms with van der Waals surface area (Å²) in [7, 11) is 3.27. The molecule has 1 aliphatic rings. The number of carbonyl (C=O) groups is 1. The summed E-state index contributed by atoms with van der Waals surface area (Å²) in [5.74, 6) is 7.50. The number of likely N-dealkylation sites (tertiary alicyclic amines) is 1. The average Bonchev–Trinajstić information content (AvgIpc) is 3.39. The van der Waals surface area contributed by atoms with Crippen LogP contribution in [0.4, 0.5) is 5.82 Å². The summed E-state index contributed by atoms with van der Waals surface area (Å²) < 4.78 is 12.5. The number of amides is 1. The number of aromatic nitrogens is 3. The van der Waals surface area contributed by atoms with E-state index < -0.39 is 0 Å². The first-order chi connectivity index (χ1) is 15.9. The maximum Gasteiger partial charge on any atom is 0.246 e. The summed E-state index contributed by atoms with van der Waals surface area (Å²) >= 11 is 0. The van der Waals surface area contributed by atoms with Gasteiger partial charge in [-0.1, -0.05) is 18.4 Å². The first-order valence-corrected chi connectivity index (χ1v) is 10.7. The van der Waals surface area contributed by atoms with E-state index in [-0.39, 0.29) is 17.9 Å². The molecular formula is C25H27N5O3. The number of carbonyl (C=O) groups excluding carboxylic acids is 1. The Morgan fingerprint density at radius 2 is 2.12 bits per heavy atom. The maximum absolute atomic E-state index is 12.4. The first-order valence-electron chi connectivity index (χ1n) is 10.7. The average molecular weight is 446 g/mol. The molecule has 2 atom stereocenters. The van der Waals surface area contributed by atoms with Gasteiger partial charge in [0.2, 0.25) is 5.91 Å². The fourth-order valence-electron chi connectivity index (χ4n) is 4.42. The Morgan fingerprint density at radius 3 is 2.85 bits per heavy atom. The third kappa shape index (κ3) is 4.41. The van der Waals surface area contributed by atoms with Crippen LogP contribution in [0.15, 0.2) is 43.2 Å². The molecule has 1 amide bonds. The Labute approximate surface area is 193 Å². The number of ether oxygens (including phenoxy) is 2. The Kier molecular flexibility index (Phi) is 6.33. The third-order valence-electron chi connectivity index (χ3n) is 5.89. The van der Waals surface area contributed by atoms with Gasteiger partial charge in [-0.3, -0.25) is 4.79 Å². The van der Waals surface area contributed by atoms with Gasteiger partial charge >= 0.3 is 0 Å². The lowest BCUT2D eigenvalue weighted by Gasteiger charge is -2.22. The topological polar surface area (TPSA) is 95.0 Å². The van der Waals surface area contributed by atoms with E-state index >= 15 is 0 Å². The van der Waals surface area contributed by atoms with Crippen molar-refractivity contribution in [2.75, 3.05) is 33.1 Å². The molecule has 3 aromatic rings. The molecule has 2 aromatic heterocycles. The molecule has 33 heavy (non-hydrogen) atoms. The zero-order valence-electron chi connectivity index (χ0n) is 19.0. The minimum Gasteiger partial charge on any atom is -0.497 e. The van der Waals surface area contributed by atoms with Crippen LogP contribution in [0.3, 0.4) is 0 Å². The number of hydrogen-bond acceptors (Lipinski definition) is 6. The standard InChI is InChI=1S/C25H27N5O3/c1-5-23(31)29-13-19(11-20(29)14-32-3)22-12-18(24-25(26)27-15-28-30(22)24)7-6-17-8-16(2)9-21(10-17)33-4/h5,8-10,12,15,19-20H,1,11,13-14H2,2-4H3,(H2,26,27,28)/t19?,20-/m1/s1. The molecule has 0 saturated carbocycles. The highest BCUT2D eigenvalue weighted by molar-refractivity contribution is 5.87. The molecule has 1 aromatic carbocycles. The fourth-order valence-corrected chi connectivity index (χ4v) is 4.42. The number of nitrogen functional groups attached to an aromatic ring is 1. The number of fused-ring (bicyclic) bond motifs is 1. The van der Waals surface area contributed by atoms with E-state index in [0.717, 1.165) is 34.6 Å². The molecule has 0 spiro atoms. The second kappa shape index (κ2) is 9.35. The maximum atomic E-state index is 12.4. The molecule has 0 aliphatic carbocycles. The smallest absolute Gasteiger partial charge is 0.246 e. The van der Waals surface area contributed by atoms with Crippen molar-refractivity contribution in [3.63, 3.8) is 0 Å². The number of aryl methyl sites for hydroxylation is 1. The first kappa shape index (κ1) is 22.4. The van der Waals surface area contributed by atoms with Gasteiger partial charge in [-0.05, 0) is 49.2 Å². The second-order valence-corrected chi connectivity index (χ2v) is 8.11. The molecule has 1 unspecified atom stereocenters. The van der Waals surface area contributed by atoms with E-state index in [1.807, 2.05) is 31.2 Å². The number of anilines is 1. The van der Waals surface area contributed by atoms with Gasteiger partial charge in [0.1, 0.15) is 17.6 Å². The van der Waals surface area contributed by atoms with Gasteiger partial charge in [0, 0.05) is 30.8 Å². The molecule has 1 aliphatic heterocycles. The lowest BCUT2D eigenvalue weighted by atomic mass is 10.0. The Balaban J connectivity index is 1.76. The van der Waals surface area contributed by atoms with Crippen molar-refractivity contribution >= 4 is 17.2 Å². The summed E-state index contributed by atoms with van der Waals surface area (Å²) in [6, 6.07) is 7.81. The zero-order valence-corrected chi connectivity index (χ0v) is 19.0. The van der Waals surface area contributed by atoms with Gasteiger partial charge in [0.05, 0.1) is 25.3 Å². The van der Waals surface area contributed by atoms with E-state index in [2.05, 4.69) is 28.5 Å². The number of nitrogens with two attached hydrogens (primary N) is 1. The van der Waals surface area contributed by atoms with Gasteiger partial charge in [-0.15, -0.1) is 0 Å². The van der Waals surface area contributed by atoms with E-state index in [1.165, 1.54) is 12.4 Å². The van der Waals surface area contributed by atoms with Crippen molar-refractivity contribution in [3.05, 3.63) is 65.6 Å². The van der Waals surface area contributed by atoms with Crippen LogP contribution in [0.25, 0.3) is 5.52 Å². The molecule has 2 N–H and O–H groups in total. The minimum absolute atomic E-state index is 0.0375. The summed E-state index contributed by atoms with van der Waals surface area (Å²) in [5, 5.41) is 4.45. The van der Waals surface area contributed by atoms with Gasteiger partial charge in [0.15, 0.2) is 5.82 Å². The van der Waals surface area contributed by atoms with Gasteiger partial charge in [-0.25, -0.2) is 9.50 Å². The highest BCUT2D eigenvalue weighted by Gasteiger charge is 2.36. The molecule has 1 fully saturated rings. The lowest BCUT2D eigenvalue weighted by Crippen LogP contribution is -2.37. The van der Waals surface area contributed by atoms with Crippen LogP contribution in [0.1, 0.15) is 34.7 Å². The zero-order chi connectivity index (χ0) is 23.5. The molecule has 8 heteroatoms. The number of benzene rings is 1. The number of rotatable bonds is 5. The monoisotopic (exact) mass is 445 g/mol. The van der Waals surface area contributed by atoms with Crippen molar-refractivity contribution in [2.24, 2.45) is 0 Å². The normalized spacial score (nSPS) is 17.6. The van der Waals surface area contributed by atoms with E-state index in [4.69, 9.17) is 15.2 Å². The van der Waals surface area contributed by atoms with Crippen LogP contribution in [0, 0.1) is 18.8 Å². The molecule has 0 bridgehead atoms.